The molecule has 0 bridgehead atoms. The van der Waals surface area contributed by atoms with Crippen LogP contribution in [-0.2, 0) is 4.79 Å². The van der Waals surface area contributed by atoms with E-state index in [-0.39, 0.29) is 0 Å². The molecule has 1 aliphatic rings. The second-order valence-electron chi connectivity index (χ2n) is 4.34. The first-order valence-corrected chi connectivity index (χ1v) is 6.29. The van der Waals surface area contributed by atoms with Gasteiger partial charge in [-0.3, -0.25) is 4.79 Å². The molecule has 0 saturated carbocycles. The maximum atomic E-state index is 11.9. The third-order valence-electron chi connectivity index (χ3n) is 2.96. The van der Waals surface area contributed by atoms with E-state index in [0.29, 0.717) is 18.4 Å². The van der Waals surface area contributed by atoms with Gasteiger partial charge < -0.3 is 10.2 Å². The third kappa shape index (κ3) is 3.82. The van der Waals surface area contributed by atoms with Gasteiger partial charge in [-0.15, -0.1) is 0 Å². The zero-order valence-electron chi connectivity index (χ0n) is 10.1. The van der Waals surface area contributed by atoms with Crippen LogP contribution in [0.1, 0.15) is 46.0 Å². The lowest BCUT2D eigenvalue weighted by molar-refractivity contribution is -0.134. The quantitative estimate of drug-likeness (QED) is 0.753. The van der Waals surface area contributed by atoms with Crippen LogP contribution >= 0.6 is 0 Å². The normalized spacial score (nSPS) is 21.3. The standard InChI is InChI=1S/C12H24N2O/c1-3-6-12(15)14(9-4-2)11-7-5-8-13-10-11/h11,13H,3-10H2,1-2H3. The highest BCUT2D eigenvalue weighted by Gasteiger charge is 2.23. The van der Waals surface area contributed by atoms with Crippen LogP contribution in [-0.4, -0.2) is 36.5 Å². The van der Waals surface area contributed by atoms with Crippen LogP contribution < -0.4 is 5.32 Å². The molecule has 1 saturated heterocycles. The van der Waals surface area contributed by atoms with Crippen molar-refractivity contribution in [2.75, 3.05) is 19.6 Å². The maximum absolute atomic E-state index is 11.9. The van der Waals surface area contributed by atoms with Crippen LogP contribution in [0.3, 0.4) is 0 Å². The minimum absolute atomic E-state index is 0.341. The van der Waals surface area contributed by atoms with Crippen molar-refractivity contribution in [3.8, 4) is 0 Å². The van der Waals surface area contributed by atoms with Gasteiger partial charge in [-0.1, -0.05) is 13.8 Å². The molecule has 1 N–H and O–H groups in total. The highest BCUT2D eigenvalue weighted by atomic mass is 16.2. The molecule has 0 aromatic rings. The molecule has 1 amide bonds. The number of amides is 1. The van der Waals surface area contributed by atoms with Gasteiger partial charge in [0.05, 0.1) is 0 Å². The van der Waals surface area contributed by atoms with Crippen LogP contribution in [0.4, 0.5) is 0 Å². The van der Waals surface area contributed by atoms with Gasteiger partial charge in [-0.05, 0) is 32.2 Å². The number of nitrogens with one attached hydrogen (secondary N) is 1. The average molecular weight is 212 g/mol. The highest BCUT2D eigenvalue weighted by molar-refractivity contribution is 5.76. The van der Waals surface area contributed by atoms with Gasteiger partial charge in [0.25, 0.3) is 0 Å². The largest absolute Gasteiger partial charge is 0.338 e. The van der Waals surface area contributed by atoms with E-state index in [1.807, 2.05) is 0 Å². The Bertz CT molecular complexity index is 188. The molecule has 0 radical (unpaired) electrons. The zero-order chi connectivity index (χ0) is 11.1. The minimum atomic E-state index is 0.341. The number of hydrogen-bond donors (Lipinski definition) is 1. The van der Waals surface area contributed by atoms with E-state index in [4.69, 9.17) is 0 Å². The molecule has 1 atom stereocenters. The van der Waals surface area contributed by atoms with Crippen molar-refractivity contribution < 1.29 is 4.79 Å². The Hall–Kier alpha value is -0.570. The zero-order valence-corrected chi connectivity index (χ0v) is 10.1. The Kier molecular flexibility index (Phi) is 5.69. The maximum Gasteiger partial charge on any atom is 0.222 e. The van der Waals surface area contributed by atoms with Crippen LogP contribution in [0.15, 0.2) is 0 Å². The molecular weight excluding hydrogens is 188 g/mol. The second-order valence-corrected chi connectivity index (χ2v) is 4.34. The Morgan fingerprint density at radius 1 is 1.40 bits per heavy atom. The fourth-order valence-electron chi connectivity index (χ4n) is 2.21. The first kappa shape index (κ1) is 12.5. The number of carbonyl (C=O) groups is 1. The number of piperidine rings is 1. The highest BCUT2D eigenvalue weighted by Crippen LogP contribution is 2.12. The summed E-state index contributed by atoms with van der Waals surface area (Å²) in [6, 6.07) is 0.442. The van der Waals surface area contributed by atoms with Crippen molar-refractivity contribution >= 4 is 5.91 Å². The average Bonchev–Trinajstić information content (AvgIpc) is 2.27. The number of nitrogens with zero attached hydrogens (tertiary/aromatic N) is 1. The predicted octanol–water partition coefficient (Wildman–Crippen LogP) is 1.78. The Morgan fingerprint density at radius 2 is 2.20 bits per heavy atom. The molecule has 1 aliphatic heterocycles. The summed E-state index contributed by atoms with van der Waals surface area (Å²) in [5.74, 6) is 0.341. The number of rotatable bonds is 5. The van der Waals surface area contributed by atoms with Gasteiger partial charge in [0.1, 0.15) is 0 Å². The summed E-state index contributed by atoms with van der Waals surface area (Å²) in [7, 11) is 0. The van der Waals surface area contributed by atoms with E-state index in [0.717, 1.165) is 32.5 Å². The monoisotopic (exact) mass is 212 g/mol. The van der Waals surface area contributed by atoms with Crippen LogP contribution in [0.5, 0.6) is 0 Å². The molecule has 0 aromatic heterocycles. The van der Waals surface area contributed by atoms with Crippen LogP contribution in [0.2, 0.25) is 0 Å². The molecular formula is C12H24N2O. The number of carbonyl (C=O) groups excluding carboxylic acids is 1. The Morgan fingerprint density at radius 3 is 2.73 bits per heavy atom. The molecule has 0 spiro atoms. The van der Waals surface area contributed by atoms with Gasteiger partial charge in [-0.25, -0.2) is 0 Å². The molecule has 1 heterocycles. The topological polar surface area (TPSA) is 32.3 Å². The third-order valence-corrected chi connectivity index (χ3v) is 2.96. The molecule has 0 aromatic carbocycles. The van der Waals surface area contributed by atoms with E-state index in [2.05, 4.69) is 24.1 Å². The summed E-state index contributed by atoms with van der Waals surface area (Å²) < 4.78 is 0. The summed E-state index contributed by atoms with van der Waals surface area (Å²) in [6.45, 7) is 7.22. The van der Waals surface area contributed by atoms with Crippen molar-refractivity contribution in [2.45, 2.75) is 52.0 Å². The molecule has 1 unspecified atom stereocenters. The summed E-state index contributed by atoms with van der Waals surface area (Å²) in [5, 5.41) is 3.38. The molecule has 3 heteroatoms. The van der Waals surface area contributed by atoms with Gasteiger partial charge >= 0.3 is 0 Å². The molecule has 1 fully saturated rings. The fourth-order valence-corrected chi connectivity index (χ4v) is 2.21. The van der Waals surface area contributed by atoms with E-state index in [9.17, 15) is 4.79 Å². The van der Waals surface area contributed by atoms with Gasteiger partial charge in [-0.2, -0.15) is 0 Å². The smallest absolute Gasteiger partial charge is 0.222 e. The van der Waals surface area contributed by atoms with E-state index < -0.39 is 0 Å². The lowest BCUT2D eigenvalue weighted by atomic mass is 10.0. The van der Waals surface area contributed by atoms with Crippen LogP contribution in [0, 0.1) is 0 Å². The number of hydrogen-bond acceptors (Lipinski definition) is 2. The molecule has 1 rings (SSSR count). The molecule has 88 valence electrons. The first-order chi connectivity index (χ1) is 7.29. The van der Waals surface area contributed by atoms with Gasteiger partial charge in [0.15, 0.2) is 0 Å². The molecule has 3 nitrogen and oxygen atoms in total. The second kappa shape index (κ2) is 6.83. The molecule has 0 aliphatic carbocycles. The van der Waals surface area contributed by atoms with E-state index >= 15 is 0 Å². The van der Waals surface area contributed by atoms with E-state index in [1.54, 1.807) is 0 Å². The summed E-state index contributed by atoms with van der Waals surface area (Å²) in [4.78, 5) is 14.0. The van der Waals surface area contributed by atoms with Gasteiger partial charge in [0.2, 0.25) is 5.91 Å². The lowest BCUT2D eigenvalue weighted by Gasteiger charge is -2.34. The SMILES string of the molecule is CCCC(=O)N(CCC)C1CCCNC1. The van der Waals surface area contributed by atoms with Crippen molar-refractivity contribution in [3.63, 3.8) is 0 Å². The Labute approximate surface area is 93.2 Å². The molecule has 15 heavy (non-hydrogen) atoms. The summed E-state index contributed by atoms with van der Waals surface area (Å²) >= 11 is 0. The van der Waals surface area contributed by atoms with Crippen LogP contribution in [0.25, 0.3) is 0 Å². The predicted molar refractivity (Wildman–Crippen MR) is 62.8 cm³/mol. The Balaban J connectivity index is 2.50. The summed E-state index contributed by atoms with van der Waals surface area (Å²) in [5.41, 5.74) is 0. The lowest BCUT2D eigenvalue weighted by Crippen LogP contribution is -2.48. The minimum Gasteiger partial charge on any atom is -0.338 e. The fraction of sp³-hybridized carbons (Fsp3) is 0.917. The van der Waals surface area contributed by atoms with Crippen molar-refractivity contribution in [2.24, 2.45) is 0 Å². The van der Waals surface area contributed by atoms with Crippen molar-refractivity contribution in [1.82, 2.24) is 10.2 Å². The summed E-state index contributed by atoms with van der Waals surface area (Å²) in [6.07, 6.45) is 5.09. The van der Waals surface area contributed by atoms with Gasteiger partial charge in [0, 0.05) is 25.6 Å². The van der Waals surface area contributed by atoms with Crippen molar-refractivity contribution in [1.29, 1.82) is 0 Å². The van der Waals surface area contributed by atoms with E-state index in [1.165, 1.54) is 12.8 Å². The first-order valence-electron chi connectivity index (χ1n) is 6.29. The van der Waals surface area contributed by atoms with Crippen molar-refractivity contribution in [3.05, 3.63) is 0 Å².